The van der Waals surface area contributed by atoms with Crippen LogP contribution < -0.4 is 4.74 Å². The lowest BCUT2D eigenvalue weighted by Gasteiger charge is -2.19. The average Bonchev–Trinajstić information content (AvgIpc) is 2.81. The predicted molar refractivity (Wildman–Crippen MR) is 66.3 cm³/mol. The predicted octanol–water partition coefficient (Wildman–Crippen LogP) is 1.26. The molecule has 0 aliphatic carbocycles. The molecule has 0 bridgehead atoms. The van der Waals surface area contributed by atoms with E-state index in [0.717, 1.165) is 35.9 Å². The third kappa shape index (κ3) is 1.76. The number of nitrogens with zero attached hydrogens (tertiary/aromatic N) is 3. The fourth-order valence-electron chi connectivity index (χ4n) is 2.34. The molecule has 1 aliphatic heterocycles. The second-order valence-corrected chi connectivity index (χ2v) is 4.44. The van der Waals surface area contributed by atoms with Crippen molar-refractivity contribution in [3.63, 3.8) is 0 Å². The first kappa shape index (κ1) is 11.2. The van der Waals surface area contributed by atoms with E-state index in [0.29, 0.717) is 6.42 Å². The molecule has 94 valence electrons. The number of aliphatic hydroxyl groups excluding tert-OH is 1. The largest absolute Gasteiger partial charge is 0.496 e. The molecule has 1 atom stereocenters. The lowest BCUT2D eigenvalue weighted by molar-refractivity contribution is 0.142. The van der Waals surface area contributed by atoms with Crippen LogP contribution in [0.15, 0.2) is 24.3 Å². The maximum Gasteiger partial charge on any atom is 0.167 e. The minimum Gasteiger partial charge on any atom is -0.496 e. The Hall–Kier alpha value is -1.88. The fraction of sp³-hybridized carbons (Fsp3) is 0.385. The molecule has 0 radical (unpaired) electrons. The molecule has 2 aromatic rings. The smallest absolute Gasteiger partial charge is 0.167 e. The lowest BCUT2D eigenvalue weighted by Crippen LogP contribution is -2.23. The topological polar surface area (TPSA) is 60.2 Å². The van der Waals surface area contributed by atoms with Crippen LogP contribution in [0.4, 0.5) is 0 Å². The summed E-state index contributed by atoms with van der Waals surface area (Å²) in [6.07, 6.45) is 1.02. The molecule has 1 aliphatic rings. The minimum absolute atomic E-state index is 0.299. The van der Waals surface area contributed by atoms with E-state index in [1.807, 2.05) is 24.3 Å². The van der Waals surface area contributed by atoms with Crippen molar-refractivity contribution >= 4 is 0 Å². The van der Waals surface area contributed by atoms with E-state index in [-0.39, 0.29) is 6.10 Å². The van der Waals surface area contributed by atoms with Gasteiger partial charge in [0.1, 0.15) is 11.6 Å². The molecule has 0 spiro atoms. The number of rotatable bonds is 2. The Kier molecular flexibility index (Phi) is 2.76. The van der Waals surface area contributed by atoms with Crippen molar-refractivity contribution in [3.8, 4) is 17.1 Å². The number of benzene rings is 1. The zero-order chi connectivity index (χ0) is 12.5. The molecule has 1 aromatic heterocycles. The van der Waals surface area contributed by atoms with Gasteiger partial charge in [0.15, 0.2) is 5.82 Å². The molecular weight excluding hydrogens is 230 g/mol. The number of methoxy groups -OCH3 is 1. The third-order valence-electron chi connectivity index (χ3n) is 3.28. The highest BCUT2D eigenvalue weighted by atomic mass is 16.5. The van der Waals surface area contributed by atoms with Crippen molar-refractivity contribution in [2.75, 3.05) is 7.11 Å². The summed E-state index contributed by atoms with van der Waals surface area (Å²) in [6, 6.07) is 7.77. The molecule has 5 nitrogen and oxygen atoms in total. The molecule has 18 heavy (non-hydrogen) atoms. The quantitative estimate of drug-likeness (QED) is 0.865. The van der Waals surface area contributed by atoms with Crippen LogP contribution in [0, 0.1) is 0 Å². The zero-order valence-electron chi connectivity index (χ0n) is 10.2. The van der Waals surface area contributed by atoms with Crippen molar-refractivity contribution < 1.29 is 9.84 Å². The van der Waals surface area contributed by atoms with Gasteiger partial charge < -0.3 is 14.4 Å². The standard InChI is InChI=1S/C13H15N3O2/c1-18-11-5-3-2-4-10(11)13-15-14-12-8-9(17)6-7-16(12)13/h2-5,9,17H,6-8H2,1H3. The van der Waals surface area contributed by atoms with Crippen LogP contribution in [0.5, 0.6) is 5.75 Å². The SMILES string of the molecule is COc1ccccc1-c1nnc2n1CCC(O)C2. The highest BCUT2D eigenvalue weighted by Gasteiger charge is 2.23. The van der Waals surface area contributed by atoms with Gasteiger partial charge in [-0.25, -0.2) is 0 Å². The van der Waals surface area contributed by atoms with Gasteiger partial charge in [-0.3, -0.25) is 0 Å². The van der Waals surface area contributed by atoms with Gasteiger partial charge in [-0.05, 0) is 18.6 Å². The van der Waals surface area contributed by atoms with E-state index in [1.165, 1.54) is 0 Å². The van der Waals surface area contributed by atoms with Crippen molar-refractivity contribution in [2.45, 2.75) is 25.5 Å². The molecule has 3 rings (SSSR count). The van der Waals surface area contributed by atoms with Crippen LogP contribution in [-0.4, -0.2) is 33.1 Å². The number of aromatic nitrogens is 3. The average molecular weight is 245 g/mol. The van der Waals surface area contributed by atoms with Crippen molar-refractivity contribution in [2.24, 2.45) is 0 Å². The Morgan fingerprint density at radius 1 is 1.33 bits per heavy atom. The summed E-state index contributed by atoms with van der Waals surface area (Å²) >= 11 is 0. The first-order valence-electron chi connectivity index (χ1n) is 6.03. The first-order valence-corrected chi connectivity index (χ1v) is 6.03. The van der Waals surface area contributed by atoms with Crippen LogP contribution in [0.3, 0.4) is 0 Å². The summed E-state index contributed by atoms with van der Waals surface area (Å²) in [6.45, 7) is 0.747. The van der Waals surface area contributed by atoms with Gasteiger partial charge in [0.05, 0.1) is 18.8 Å². The Labute approximate surface area is 105 Å². The molecule has 2 heterocycles. The monoisotopic (exact) mass is 245 g/mol. The third-order valence-corrected chi connectivity index (χ3v) is 3.28. The van der Waals surface area contributed by atoms with Crippen molar-refractivity contribution in [1.82, 2.24) is 14.8 Å². The van der Waals surface area contributed by atoms with Gasteiger partial charge >= 0.3 is 0 Å². The Morgan fingerprint density at radius 3 is 3.00 bits per heavy atom. The molecule has 0 fully saturated rings. The molecule has 0 saturated heterocycles. The fourth-order valence-corrected chi connectivity index (χ4v) is 2.34. The van der Waals surface area contributed by atoms with E-state index >= 15 is 0 Å². The molecule has 1 unspecified atom stereocenters. The summed E-state index contributed by atoms with van der Waals surface area (Å²) in [5, 5.41) is 18.0. The maximum atomic E-state index is 9.63. The van der Waals surface area contributed by atoms with Crippen LogP contribution in [0.2, 0.25) is 0 Å². The van der Waals surface area contributed by atoms with Gasteiger partial charge in [-0.2, -0.15) is 0 Å². The highest BCUT2D eigenvalue weighted by Crippen LogP contribution is 2.30. The number of aliphatic hydroxyl groups is 1. The summed E-state index contributed by atoms with van der Waals surface area (Å²) in [4.78, 5) is 0. The molecule has 5 heteroatoms. The molecule has 1 aromatic carbocycles. The van der Waals surface area contributed by atoms with Crippen LogP contribution >= 0.6 is 0 Å². The second-order valence-electron chi connectivity index (χ2n) is 4.44. The minimum atomic E-state index is -0.299. The van der Waals surface area contributed by atoms with E-state index < -0.39 is 0 Å². The number of ether oxygens (including phenoxy) is 1. The number of fused-ring (bicyclic) bond motifs is 1. The zero-order valence-corrected chi connectivity index (χ0v) is 10.2. The second kappa shape index (κ2) is 4.42. The normalized spacial score (nSPS) is 18.4. The molecule has 0 saturated carbocycles. The molecule has 1 N–H and O–H groups in total. The van der Waals surface area contributed by atoms with Gasteiger partial charge in [0, 0.05) is 13.0 Å². The van der Waals surface area contributed by atoms with Gasteiger partial charge in [0.2, 0.25) is 0 Å². The van der Waals surface area contributed by atoms with Gasteiger partial charge in [0.25, 0.3) is 0 Å². The summed E-state index contributed by atoms with van der Waals surface area (Å²) in [5.74, 6) is 2.45. The molecule has 0 amide bonds. The van der Waals surface area contributed by atoms with Crippen LogP contribution in [0.25, 0.3) is 11.4 Å². The highest BCUT2D eigenvalue weighted by molar-refractivity contribution is 5.64. The van der Waals surface area contributed by atoms with Gasteiger partial charge in [-0.15, -0.1) is 10.2 Å². The van der Waals surface area contributed by atoms with E-state index in [4.69, 9.17) is 4.74 Å². The number of para-hydroxylation sites is 1. The maximum absolute atomic E-state index is 9.63. The summed E-state index contributed by atoms with van der Waals surface area (Å²) in [5.41, 5.74) is 0.940. The summed E-state index contributed by atoms with van der Waals surface area (Å²) in [7, 11) is 1.65. The Bertz CT molecular complexity index is 565. The number of hydrogen-bond acceptors (Lipinski definition) is 4. The number of hydrogen-bond donors (Lipinski definition) is 1. The summed E-state index contributed by atoms with van der Waals surface area (Å²) < 4.78 is 7.41. The first-order chi connectivity index (χ1) is 8.79. The van der Waals surface area contributed by atoms with Crippen molar-refractivity contribution in [3.05, 3.63) is 30.1 Å². The van der Waals surface area contributed by atoms with Crippen LogP contribution in [-0.2, 0) is 13.0 Å². The van der Waals surface area contributed by atoms with E-state index in [1.54, 1.807) is 7.11 Å². The van der Waals surface area contributed by atoms with Crippen molar-refractivity contribution in [1.29, 1.82) is 0 Å². The molecular formula is C13H15N3O2. The Morgan fingerprint density at radius 2 is 2.17 bits per heavy atom. The van der Waals surface area contributed by atoms with E-state index in [9.17, 15) is 5.11 Å². The lowest BCUT2D eigenvalue weighted by atomic mass is 10.1. The Balaban J connectivity index is 2.08. The van der Waals surface area contributed by atoms with Gasteiger partial charge in [-0.1, -0.05) is 12.1 Å². The van der Waals surface area contributed by atoms with Crippen LogP contribution in [0.1, 0.15) is 12.2 Å². The van der Waals surface area contributed by atoms with E-state index in [2.05, 4.69) is 14.8 Å².